The summed E-state index contributed by atoms with van der Waals surface area (Å²) in [5, 5.41) is 3.47. The first-order chi connectivity index (χ1) is 20.7. The summed E-state index contributed by atoms with van der Waals surface area (Å²) in [5.74, 6) is -0.121. The summed E-state index contributed by atoms with van der Waals surface area (Å²) in [6.45, 7) is 7.83. The van der Waals surface area contributed by atoms with Crippen molar-refractivity contribution in [1.29, 1.82) is 0 Å². The molecule has 1 N–H and O–H groups in total. The molecule has 3 aromatic carbocycles. The Kier molecular flexibility index (Phi) is 9.45. The van der Waals surface area contributed by atoms with E-state index in [0.29, 0.717) is 29.8 Å². The van der Waals surface area contributed by atoms with Crippen LogP contribution in [-0.4, -0.2) is 84.5 Å². The van der Waals surface area contributed by atoms with Crippen molar-refractivity contribution in [3.63, 3.8) is 0 Å². The van der Waals surface area contributed by atoms with Crippen LogP contribution in [-0.2, 0) is 16.1 Å². The van der Waals surface area contributed by atoms with Crippen LogP contribution in [0.3, 0.4) is 0 Å². The lowest BCUT2D eigenvalue weighted by molar-refractivity contribution is -0.119. The number of carbonyl (C=O) groups excluding carboxylic acids is 2. The standard InChI is InChI=1S/C34H39N5O4/c1-23-16-30-32(17-24(23)2)39(33(41)20-36-30)21-29(40)19-35-31(22-38-12-14-43-15-13-38)26-10-8-25(9-11-26)27-6-5-7-28(18-27)34(42)37(3)4/h5-11,16-18,20,31,35H,12-15,19,21-22H2,1-4H3. The fraction of sp³-hybridized carbons (Fsp3) is 0.353. The molecule has 0 bridgehead atoms. The Morgan fingerprint density at radius 3 is 2.42 bits per heavy atom. The zero-order valence-electron chi connectivity index (χ0n) is 25.3. The van der Waals surface area contributed by atoms with Gasteiger partial charge in [0.05, 0.1) is 43.5 Å². The quantitative estimate of drug-likeness (QED) is 0.306. The fourth-order valence-corrected chi connectivity index (χ4v) is 5.38. The molecule has 9 heteroatoms. The second-order valence-corrected chi connectivity index (χ2v) is 11.4. The zero-order chi connectivity index (χ0) is 30.5. The molecule has 0 radical (unpaired) electrons. The van der Waals surface area contributed by atoms with Gasteiger partial charge in [0, 0.05) is 45.3 Å². The number of aryl methyl sites for hydroxylation is 2. The molecule has 43 heavy (non-hydrogen) atoms. The SMILES string of the molecule is Cc1cc2ncc(=O)n(CC(=O)CNC(CN3CCOCC3)c3ccc(-c4cccc(C(=O)N(C)C)c4)cc3)c2cc1C. The number of Topliss-reactive ketones (excluding diaryl/α,β-unsaturated/α-hetero) is 1. The number of rotatable bonds is 10. The summed E-state index contributed by atoms with van der Waals surface area (Å²) in [7, 11) is 3.49. The Morgan fingerprint density at radius 1 is 0.977 bits per heavy atom. The van der Waals surface area contributed by atoms with Gasteiger partial charge in [-0.25, -0.2) is 4.98 Å². The van der Waals surface area contributed by atoms with Crippen molar-refractivity contribution in [2.45, 2.75) is 26.4 Å². The number of ether oxygens (including phenoxy) is 1. The lowest BCUT2D eigenvalue weighted by Gasteiger charge is -2.31. The Hall–Kier alpha value is -4.18. The summed E-state index contributed by atoms with van der Waals surface area (Å²) in [6, 6.07) is 19.6. The molecule has 5 rings (SSSR count). The molecule has 0 saturated carbocycles. The van der Waals surface area contributed by atoms with Gasteiger partial charge in [-0.1, -0.05) is 36.4 Å². The number of fused-ring (bicyclic) bond motifs is 1. The second-order valence-electron chi connectivity index (χ2n) is 11.4. The summed E-state index contributed by atoms with van der Waals surface area (Å²) in [4.78, 5) is 46.6. The number of carbonyl (C=O) groups is 2. The number of amides is 1. The Morgan fingerprint density at radius 2 is 1.70 bits per heavy atom. The summed E-state index contributed by atoms with van der Waals surface area (Å²) >= 11 is 0. The molecule has 1 aliphatic rings. The van der Waals surface area contributed by atoms with Crippen LogP contribution >= 0.6 is 0 Å². The van der Waals surface area contributed by atoms with E-state index >= 15 is 0 Å². The van der Waals surface area contributed by atoms with Crippen LogP contribution in [0.5, 0.6) is 0 Å². The minimum atomic E-state index is -0.291. The van der Waals surface area contributed by atoms with Gasteiger partial charge in [0.15, 0.2) is 5.78 Å². The third-order valence-corrected chi connectivity index (χ3v) is 8.05. The average molecular weight is 582 g/mol. The number of nitrogens with zero attached hydrogens (tertiary/aromatic N) is 4. The zero-order valence-corrected chi connectivity index (χ0v) is 25.3. The molecule has 4 aromatic rings. The molecule has 2 heterocycles. The fourth-order valence-electron chi connectivity index (χ4n) is 5.38. The number of nitrogens with one attached hydrogen (secondary N) is 1. The maximum Gasteiger partial charge on any atom is 0.269 e. The van der Waals surface area contributed by atoms with E-state index in [1.165, 1.54) is 10.8 Å². The van der Waals surface area contributed by atoms with Gasteiger partial charge in [-0.2, -0.15) is 0 Å². The molecule has 1 atom stereocenters. The van der Waals surface area contributed by atoms with Gasteiger partial charge in [0.25, 0.3) is 11.5 Å². The van der Waals surface area contributed by atoms with Crippen molar-refractivity contribution >= 4 is 22.7 Å². The van der Waals surface area contributed by atoms with Crippen LogP contribution in [0.1, 0.15) is 33.1 Å². The number of aromatic nitrogens is 2. The first kappa shape index (κ1) is 30.3. The van der Waals surface area contributed by atoms with Crippen molar-refractivity contribution in [2.24, 2.45) is 0 Å². The van der Waals surface area contributed by atoms with Crippen LogP contribution in [0.25, 0.3) is 22.2 Å². The van der Waals surface area contributed by atoms with Gasteiger partial charge in [-0.15, -0.1) is 0 Å². The Balaban J connectivity index is 1.33. The Bertz CT molecular complexity index is 1670. The van der Waals surface area contributed by atoms with Gasteiger partial charge in [0.2, 0.25) is 0 Å². The lowest BCUT2D eigenvalue weighted by Crippen LogP contribution is -2.43. The van der Waals surface area contributed by atoms with Crippen LogP contribution in [0.4, 0.5) is 0 Å². The van der Waals surface area contributed by atoms with Gasteiger partial charge >= 0.3 is 0 Å². The molecule has 1 unspecified atom stereocenters. The predicted octanol–water partition coefficient (Wildman–Crippen LogP) is 3.61. The van der Waals surface area contributed by atoms with E-state index in [-0.39, 0.29) is 36.4 Å². The third-order valence-electron chi connectivity index (χ3n) is 8.05. The molecular weight excluding hydrogens is 542 g/mol. The minimum Gasteiger partial charge on any atom is -0.379 e. The topological polar surface area (TPSA) is 96.8 Å². The lowest BCUT2D eigenvalue weighted by atomic mass is 9.98. The van der Waals surface area contributed by atoms with Gasteiger partial charge < -0.3 is 15.0 Å². The maximum absolute atomic E-state index is 13.3. The molecule has 224 valence electrons. The van der Waals surface area contributed by atoms with Gasteiger partial charge in [-0.3, -0.25) is 23.9 Å². The highest BCUT2D eigenvalue weighted by molar-refractivity contribution is 5.95. The largest absolute Gasteiger partial charge is 0.379 e. The second kappa shape index (κ2) is 13.4. The highest BCUT2D eigenvalue weighted by atomic mass is 16.5. The molecule has 0 aliphatic carbocycles. The predicted molar refractivity (Wildman–Crippen MR) is 168 cm³/mol. The van der Waals surface area contributed by atoms with E-state index in [0.717, 1.165) is 47.5 Å². The molecule has 1 amide bonds. The van der Waals surface area contributed by atoms with Crippen LogP contribution < -0.4 is 10.9 Å². The van der Waals surface area contributed by atoms with Crippen molar-refractivity contribution in [3.8, 4) is 11.1 Å². The Labute approximate surface area is 252 Å². The number of benzene rings is 3. The monoisotopic (exact) mass is 581 g/mol. The molecule has 1 aromatic heterocycles. The smallest absolute Gasteiger partial charge is 0.269 e. The third kappa shape index (κ3) is 7.25. The normalized spacial score (nSPS) is 14.5. The van der Waals surface area contributed by atoms with E-state index in [4.69, 9.17) is 4.74 Å². The highest BCUT2D eigenvalue weighted by Crippen LogP contribution is 2.24. The number of morpholine rings is 1. The van der Waals surface area contributed by atoms with E-state index < -0.39 is 0 Å². The minimum absolute atomic E-state index is 0.0292. The van der Waals surface area contributed by atoms with Crippen molar-refractivity contribution in [2.75, 3.05) is 53.5 Å². The highest BCUT2D eigenvalue weighted by Gasteiger charge is 2.20. The van der Waals surface area contributed by atoms with Crippen LogP contribution in [0, 0.1) is 13.8 Å². The average Bonchev–Trinajstić information content (AvgIpc) is 3.02. The van der Waals surface area contributed by atoms with E-state index in [2.05, 4.69) is 39.5 Å². The molecule has 1 saturated heterocycles. The maximum atomic E-state index is 13.3. The number of hydrogen-bond donors (Lipinski definition) is 1. The molecule has 0 spiro atoms. The van der Waals surface area contributed by atoms with E-state index in [9.17, 15) is 14.4 Å². The van der Waals surface area contributed by atoms with Crippen molar-refractivity contribution in [1.82, 2.24) is 24.7 Å². The van der Waals surface area contributed by atoms with Crippen molar-refractivity contribution < 1.29 is 14.3 Å². The summed E-state index contributed by atoms with van der Waals surface area (Å²) in [5.41, 5.74) is 6.88. The van der Waals surface area contributed by atoms with E-state index in [1.807, 2.05) is 50.2 Å². The molecule has 9 nitrogen and oxygen atoms in total. The molecule has 1 aliphatic heterocycles. The first-order valence-electron chi connectivity index (χ1n) is 14.6. The number of hydrogen-bond acceptors (Lipinski definition) is 7. The van der Waals surface area contributed by atoms with Gasteiger partial charge in [-0.05, 0) is 65.9 Å². The van der Waals surface area contributed by atoms with Crippen LogP contribution in [0.15, 0.2) is 71.7 Å². The van der Waals surface area contributed by atoms with Crippen LogP contribution in [0.2, 0.25) is 0 Å². The van der Waals surface area contributed by atoms with E-state index in [1.54, 1.807) is 19.0 Å². The first-order valence-corrected chi connectivity index (χ1v) is 14.6. The number of ketones is 1. The molecule has 1 fully saturated rings. The summed E-state index contributed by atoms with van der Waals surface area (Å²) < 4.78 is 7.05. The van der Waals surface area contributed by atoms with Gasteiger partial charge in [0.1, 0.15) is 0 Å². The van der Waals surface area contributed by atoms with Crippen molar-refractivity contribution in [3.05, 3.63) is 99.5 Å². The summed E-state index contributed by atoms with van der Waals surface area (Å²) in [6.07, 6.45) is 1.28. The molecular formula is C34H39N5O4.